The number of furan rings is 1. The Labute approximate surface area is 145 Å². The number of ether oxygens (including phenoxy) is 1. The van der Waals surface area contributed by atoms with E-state index in [1.807, 2.05) is 24.3 Å². The number of benzene rings is 1. The van der Waals surface area contributed by atoms with Crippen molar-refractivity contribution >= 4 is 23.6 Å². The predicted octanol–water partition coefficient (Wildman–Crippen LogP) is 2.16. The molecule has 128 valence electrons. The lowest BCUT2D eigenvalue weighted by atomic mass is 10.3. The second-order valence-corrected chi connectivity index (χ2v) is 6.12. The molecule has 0 aliphatic heterocycles. The summed E-state index contributed by atoms with van der Waals surface area (Å²) in [6.45, 7) is 0.331. The van der Waals surface area contributed by atoms with Crippen molar-refractivity contribution in [3.05, 3.63) is 48.4 Å². The number of likely N-dealkylation sites (N-methyl/N-ethyl adjacent to an activating group) is 1. The Morgan fingerprint density at radius 3 is 2.62 bits per heavy atom. The molecule has 1 heterocycles. The van der Waals surface area contributed by atoms with Gasteiger partial charge >= 0.3 is 0 Å². The zero-order chi connectivity index (χ0) is 17.4. The lowest BCUT2D eigenvalue weighted by molar-refractivity contribution is -0.132. The summed E-state index contributed by atoms with van der Waals surface area (Å²) < 4.78 is 10.2. The summed E-state index contributed by atoms with van der Waals surface area (Å²) in [6, 6.07) is 11.0. The average molecular weight is 348 g/mol. The average Bonchev–Trinajstić information content (AvgIpc) is 3.11. The first kappa shape index (κ1) is 17.9. The quantitative estimate of drug-likeness (QED) is 0.740. The molecule has 0 bridgehead atoms. The van der Waals surface area contributed by atoms with Gasteiger partial charge in [-0.1, -0.05) is 0 Å². The molecule has 0 aliphatic carbocycles. The van der Waals surface area contributed by atoms with Gasteiger partial charge in [0.25, 0.3) is 0 Å². The van der Waals surface area contributed by atoms with Gasteiger partial charge in [0, 0.05) is 11.9 Å². The van der Waals surface area contributed by atoms with Crippen LogP contribution >= 0.6 is 11.8 Å². The third-order valence-corrected chi connectivity index (χ3v) is 4.26. The Morgan fingerprint density at radius 2 is 2.00 bits per heavy atom. The smallest absolute Gasteiger partial charge is 0.239 e. The number of nitrogens with zero attached hydrogens (tertiary/aromatic N) is 1. The van der Waals surface area contributed by atoms with Crippen molar-refractivity contribution in [3.8, 4) is 5.75 Å². The maximum Gasteiger partial charge on any atom is 0.239 e. The highest BCUT2D eigenvalue weighted by Gasteiger charge is 2.13. The standard InChI is InChI=1S/C17H20N2O4S/c1-19(11-16(20)18-10-14-4-3-9-23-14)17(21)12-24-15-7-5-13(22-2)6-8-15/h3-9H,10-12H2,1-2H3,(H,18,20). The number of rotatable bonds is 8. The van der Waals surface area contributed by atoms with Gasteiger partial charge in [-0.05, 0) is 36.4 Å². The minimum absolute atomic E-state index is 0.0166. The van der Waals surface area contributed by atoms with E-state index in [-0.39, 0.29) is 24.1 Å². The van der Waals surface area contributed by atoms with Crippen molar-refractivity contribution in [2.24, 2.45) is 0 Å². The molecule has 0 unspecified atom stereocenters. The van der Waals surface area contributed by atoms with Gasteiger partial charge in [0.15, 0.2) is 0 Å². The Morgan fingerprint density at radius 1 is 1.25 bits per heavy atom. The van der Waals surface area contributed by atoms with E-state index in [0.717, 1.165) is 10.6 Å². The van der Waals surface area contributed by atoms with Crippen LogP contribution in [0.3, 0.4) is 0 Å². The van der Waals surface area contributed by atoms with Crippen LogP contribution in [-0.4, -0.2) is 43.2 Å². The van der Waals surface area contributed by atoms with Gasteiger partial charge in [-0.25, -0.2) is 0 Å². The molecule has 7 heteroatoms. The van der Waals surface area contributed by atoms with Crippen LogP contribution in [-0.2, 0) is 16.1 Å². The van der Waals surface area contributed by atoms with Crippen LogP contribution in [0.5, 0.6) is 5.75 Å². The van der Waals surface area contributed by atoms with Crippen molar-refractivity contribution in [3.63, 3.8) is 0 Å². The summed E-state index contributed by atoms with van der Waals surface area (Å²) >= 11 is 1.42. The largest absolute Gasteiger partial charge is 0.497 e. The highest BCUT2D eigenvalue weighted by atomic mass is 32.2. The molecule has 0 saturated heterocycles. The summed E-state index contributed by atoms with van der Waals surface area (Å²) in [6.07, 6.45) is 1.55. The maximum atomic E-state index is 12.1. The minimum atomic E-state index is -0.225. The summed E-state index contributed by atoms with van der Waals surface area (Å²) in [5.74, 6) is 1.39. The molecule has 0 atom stereocenters. The highest BCUT2D eigenvalue weighted by Crippen LogP contribution is 2.21. The third kappa shape index (κ3) is 5.66. The molecule has 0 aliphatic rings. The first-order chi connectivity index (χ1) is 11.6. The zero-order valence-electron chi connectivity index (χ0n) is 13.7. The number of hydrogen-bond acceptors (Lipinski definition) is 5. The monoisotopic (exact) mass is 348 g/mol. The van der Waals surface area contributed by atoms with Crippen molar-refractivity contribution in [1.29, 1.82) is 0 Å². The van der Waals surface area contributed by atoms with Crippen LogP contribution < -0.4 is 10.1 Å². The molecular formula is C17H20N2O4S. The first-order valence-corrected chi connectivity index (χ1v) is 8.37. The Hall–Kier alpha value is -2.41. The number of hydrogen-bond donors (Lipinski definition) is 1. The summed E-state index contributed by atoms with van der Waals surface area (Å²) in [5.41, 5.74) is 0. The number of carbonyl (C=O) groups is 2. The predicted molar refractivity (Wildman–Crippen MR) is 91.9 cm³/mol. The molecule has 6 nitrogen and oxygen atoms in total. The fourth-order valence-electron chi connectivity index (χ4n) is 1.89. The van der Waals surface area contributed by atoms with Crippen LogP contribution in [0.1, 0.15) is 5.76 Å². The fourth-order valence-corrected chi connectivity index (χ4v) is 2.72. The van der Waals surface area contributed by atoms with Gasteiger partial charge in [-0.3, -0.25) is 9.59 Å². The molecule has 0 saturated carbocycles. The summed E-state index contributed by atoms with van der Waals surface area (Å²) in [5, 5.41) is 2.71. The summed E-state index contributed by atoms with van der Waals surface area (Å²) in [4.78, 5) is 26.3. The topological polar surface area (TPSA) is 71.8 Å². The van der Waals surface area contributed by atoms with Crippen LogP contribution in [0, 0.1) is 0 Å². The zero-order valence-corrected chi connectivity index (χ0v) is 14.5. The normalized spacial score (nSPS) is 10.2. The Balaban J connectivity index is 1.71. The van der Waals surface area contributed by atoms with E-state index in [9.17, 15) is 9.59 Å². The van der Waals surface area contributed by atoms with Crippen molar-refractivity contribution in [2.75, 3.05) is 26.5 Å². The molecular weight excluding hydrogens is 328 g/mol. The van der Waals surface area contributed by atoms with Gasteiger partial charge in [0.2, 0.25) is 11.8 Å². The van der Waals surface area contributed by atoms with Gasteiger partial charge in [-0.2, -0.15) is 0 Å². The summed E-state index contributed by atoms with van der Waals surface area (Å²) in [7, 11) is 3.22. The molecule has 1 N–H and O–H groups in total. The first-order valence-electron chi connectivity index (χ1n) is 7.38. The lowest BCUT2D eigenvalue weighted by Crippen LogP contribution is -2.38. The Bertz CT molecular complexity index is 656. The van der Waals surface area contributed by atoms with Crippen LogP contribution in [0.4, 0.5) is 0 Å². The molecule has 1 aromatic heterocycles. The SMILES string of the molecule is COc1ccc(SCC(=O)N(C)CC(=O)NCc2ccco2)cc1. The third-order valence-electron chi connectivity index (χ3n) is 3.27. The highest BCUT2D eigenvalue weighted by molar-refractivity contribution is 8.00. The van der Waals surface area contributed by atoms with Gasteiger partial charge in [-0.15, -0.1) is 11.8 Å². The van der Waals surface area contributed by atoms with Crippen LogP contribution in [0.15, 0.2) is 52.0 Å². The number of methoxy groups -OCH3 is 1. The van der Waals surface area contributed by atoms with E-state index < -0.39 is 0 Å². The van der Waals surface area contributed by atoms with E-state index in [0.29, 0.717) is 12.3 Å². The number of nitrogens with one attached hydrogen (secondary N) is 1. The van der Waals surface area contributed by atoms with E-state index >= 15 is 0 Å². The van der Waals surface area contributed by atoms with Crippen LogP contribution in [0.25, 0.3) is 0 Å². The molecule has 24 heavy (non-hydrogen) atoms. The van der Waals surface area contributed by atoms with E-state index in [1.54, 1.807) is 32.6 Å². The van der Waals surface area contributed by atoms with Crippen molar-refractivity contribution in [1.82, 2.24) is 10.2 Å². The molecule has 0 spiro atoms. The second kappa shape index (κ2) is 9.02. The number of amides is 2. The Kier molecular flexibility index (Phi) is 6.74. The van der Waals surface area contributed by atoms with Crippen molar-refractivity contribution < 1.29 is 18.7 Å². The minimum Gasteiger partial charge on any atom is -0.497 e. The second-order valence-electron chi connectivity index (χ2n) is 5.07. The number of thioether (sulfide) groups is 1. The molecule has 0 fully saturated rings. The van der Waals surface area contributed by atoms with Gasteiger partial charge in [0.05, 0.1) is 32.2 Å². The fraction of sp³-hybridized carbons (Fsp3) is 0.294. The molecule has 2 rings (SSSR count). The number of carbonyl (C=O) groups excluding carboxylic acids is 2. The van der Waals surface area contributed by atoms with Gasteiger partial charge < -0.3 is 19.4 Å². The van der Waals surface area contributed by atoms with E-state index in [4.69, 9.17) is 9.15 Å². The van der Waals surface area contributed by atoms with Gasteiger partial charge in [0.1, 0.15) is 11.5 Å². The molecule has 0 radical (unpaired) electrons. The maximum absolute atomic E-state index is 12.1. The lowest BCUT2D eigenvalue weighted by Gasteiger charge is -2.16. The van der Waals surface area contributed by atoms with Crippen LogP contribution in [0.2, 0.25) is 0 Å². The molecule has 2 amide bonds. The molecule has 2 aromatic rings. The van der Waals surface area contributed by atoms with E-state index in [2.05, 4.69) is 5.32 Å². The van der Waals surface area contributed by atoms with E-state index in [1.165, 1.54) is 16.7 Å². The van der Waals surface area contributed by atoms with Crippen molar-refractivity contribution in [2.45, 2.75) is 11.4 Å². The molecule has 1 aromatic carbocycles.